The van der Waals surface area contributed by atoms with Gasteiger partial charge in [-0.25, -0.2) is 0 Å². The number of fused-ring (bicyclic) bond motifs is 2. The van der Waals surface area contributed by atoms with Crippen LogP contribution in [-0.2, 0) is 24.5 Å². The number of rotatable bonds is 1. The van der Waals surface area contributed by atoms with Gasteiger partial charge in [0.2, 0.25) is 11.7 Å². The second-order valence-corrected chi connectivity index (χ2v) is 6.46. The molecule has 0 unspecified atom stereocenters. The summed E-state index contributed by atoms with van der Waals surface area (Å²) in [6, 6.07) is 7.82. The van der Waals surface area contributed by atoms with E-state index in [0.717, 1.165) is 11.3 Å². The van der Waals surface area contributed by atoms with Crippen LogP contribution in [0.15, 0.2) is 35.8 Å². The summed E-state index contributed by atoms with van der Waals surface area (Å²) in [6.07, 6.45) is 1.24. The molecular formula is C18H20N2O4. The van der Waals surface area contributed by atoms with Gasteiger partial charge in [-0.1, -0.05) is 18.2 Å². The molecule has 3 aliphatic heterocycles. The number of nitrogens with one attached hydrogen (secondary N) is 1. The number of hydrogen-bond donors (Lipinski definition) is 1. The van der Waals surface area contributed by atoms with Gasteiger partial charge in [0.05, 0.1) is 5.41 Å². The number of anilines is 1. The zero-order valence-electron chi connectivity index (χ0n) is 13.6. The van der Waals surface area contributed by atoms with Crippen molar-refractivity contribution in [3.05, 3.63) is 41.3 Å². The van der Waals surface area contributed by atoms with E-state index in [4.69, 9.17) is 9.47 Å². The molecular weight excluding hydrogens is 308 g/mol. The summed E-state index contributed by atoms with van der Waals surface area (Å²) in [4.78, 5) is 27.0. The summed E-state index contributed by atoms with van der Waals surface area (Å²) >= 11 is 0. The lowest BCUT2D eigenvalue weighted by molar-refractivity contribution is -0.136. The van der Waals surface area contributed by atoms with Crippen LogP contribution in [0.3, 0.4) is 0 Å². The van der Waals surface area contributed by atoms with Crippen molar-refractivity contribution in [2.75, 3.05) is 31.6 Å². The molecule has 3 aliphatic rings. The fourth-order valence-corrected chi connectivity index (χ4v) is 3.82. The van der Waals surface area contributed by atoms with Crippen LogP contribution < -0.4 is 5.32 Å². The van der Waals surface area contributed by atoms with Crippen LogP contribution in [-0.4, -0.2) is 43.0 Å². The fraction of sp³-hybridized carbons (Fsp3) is 0.444. The highest BCUT2D eigenvalue weighted by Crippen LogP contribution is 2.44. The summed E-state index contributed by atoms with van der Waals surface area (Å²) in [7, 11) is 0. The summed E-state index contributed by atoms with van der Waals surface area (Å²) < 4.78 is 10.9. The van der Waals surface area contributed by atoms with E-state index in [9.17, 15) is 9.59 Å². The molecule has 0 aromatic heterocycles. The molecule has 0 atom stereocenters. The van der Waals surface area contributed by atoms with Gasteiger partial charge in [0.15, 0.2) is 0 Å². The Morgan fingerprint density at radius 1 is 1.17 bits per heavy atom. The normalized spacial score (nSPS) is 21.9. The third-order valence-corrected chi connectivity index (χ3v) is 5.19. The second kappa shape index (κ2) is 5.54. The minimum absolute atomic E-state index is 0.0449. The number of amides is 2. The fourth-order valence-electron chi connectivity index (χ4n) is 3.82. The van der Waals surface area contributed by atoms with Gasteiger partial charge in [-0.15, -0.1) is 0 Å². The summed E-state index contributed by atoms with van der Waals surface area (Å²) in [5.41, 5.74) is 1.43. The van der Waals surface area contributed by atoms with Crippen LogP contribution in [0.4, 0.5) is 5.69 Å². The van der Waals surface area contributed by atoms with Gasteiger partial charge in [-0.05, 0) is 31.4 Å². The predicted molar refractivity (Wildman–Crippen MR) is 87.2 cm³/mol. The zero-order valence-corrected chi connectivity index (χ0v) is 13.6. The Balaban J connectivity index is 1.53. The Kier molecular flexibility index (Phi) is 3.48. The van der Waals surface area contributed by atoms with E-state index in [1.807, 2.05) is 24.3 Å². The number of piperidine rings is 1. The number of para-hydroxylation sites is 1. The molecule has 0 bridgehead atoms. The molecule has 6 nitrogen and oxygen atoms in total. The van der Waals surface area contributed by atoms with E-state index in [2.05, 4.69) is 5.32 Å². The molecule has 0 saturated carbocycles. The molecule has 4 rings (SSSR count). The maximum absolute atomic E-state index is 12.7. The van der Waals surface area contributed by atoms with E-state index in [1.54, 1.807) is 11.8 Å². The molecule has 1 saturated heterocycles. The molecule has 24 heavy (non-hydrogen) atoms. The average Bonchev–Trinajstić information content (AvgIpc) is 2.88. The number of ether oxygens (including phenoxy) is 2. The zero-order chi connectivity index (χ0) is 16.7. The van der Waals surface area contributed by atoms with Crippen LogP contribution >= 0.6 is 0 Å². The molecule has 1 fully saturated rings. The Bertz CT molecular complexity index is 732. The van der Waals surface area contributed by atoms with E-state index in [0.29, 0.717) is 50.7 Å². The van der Waals surface area contributed by atoms with Crippen LogP contribution in [0.25, 0.3) is 0 Å². The van der Waals surface area contributed by atoms with Gasteiger partial charge in [-0.3, -0.25) is 9.59 Å². The largest absolute Gasteiger partial charge is 0.491 e. The number of carbonyl (C=O) groups is 2. The van der Waals surface area contributed by atoms with Crippen LogP contribution in [0.5, 0.6) is 0 Å². The highest BCUT2D eigenvalue weighted by molar-refractivity contribution is 6.06. The molecule has 0 aliphatic carbocycles. The van der Waals surface area contributed by atoms with Gasteiger partial charge in [-0.2, -0.15) is 0 Å². The quantitative estimate of drug-likeness (QED) is 0.853. The minimum atomic E-state index is -0.513. The van der Waals surface area contributed by atoms with Crippen molar-refractivity contribution in [2.24, 2.45) is 0 Å². The molecule has 1 aromatic rings. The maximum atomic E-state index is 12.7. The van der Waals surface area contributed by atoms with Crippen molar-refractivity contribution >= 4 is 17.5 Å². The average molecular weight is 328 g/mol. The highest BCUT2D eigenvalue weighted by atomic mass is 16.6. The van der Waals surface area contributed by atoms with Crippen LogP contribution in [0, 0.1) is 0 Å². The van der Waals surface area contributed by atoms with Crippen molar-refractivity contribution in [3.63, 3.8) is 0 Å². The minimum Gasteiger partial charge on any atom is -0.491 e. The van der Waals surface area contributed by atoms with E-state index in [1.165, 1.54) is 0 Å². The van der Waals surface area contributed by atoms with Crippen molar-refractivity contribution in [1.29, 1.82) is 0 Å². The summed E-state index contributed by atoms with van der Waals surface area (Å²) in [5.74, 6) is 0.737. The lowest BCUT2D eigenvalue weighted by Gasteiger charge is -2.38. The molecule has 1 N–H and O–H groups in total. The smallest absolute Gasteiger partial charge is 0.292 e. The Morgan fingerprint density at radius 2 is 1.88 bits per heavy atom. The van der Waals surface area contributed by atoms with Crippen LogP contribution in [0.1, 0.15) is 25.3 Å². The van der Waals surface area contributed by atoms with Gasteiger partial charge in [0.25, 0.3) is 5.91 Å². The SMILES string of the molecule is CC1=C(C(=O)N2CCC3(CC2)C(=O)Nc2ccccc23)OCCO1. The van der Waals surface area contributed by atoms with Gasteiger partial charge >= 0.3 is 0 Å². The maximum Gasteiger partial charge on any atom is 0.292 e. The van der Waals surface area contributed by atoms with E-state index in [-0.39, 0.29) is 11.8 Å². The number of benzene rings is 1. The number of allylic oxidation sites excluding steroid dienone is 1. The Labute approximate surface area is 140 Å². The first kappa shape index (κ1) is 15.1. The lowest BCUT2D eigenvalue weighted by atomic mass is 9.73. The van der Waals surface area contributed by atoms with Crippen molar-refractivity contribution < 1.29 is 19.1 Å². The van der Waals surface area contributed by atoms with Gasteiger partial charge in [0.1, 0.15) is 19.0 Å². The van der Waals surface area contributed by atoms with Crippen LogP contribution in [0.2, 0.25) is 0 Å². The standard InChI is InChI=1S/C18H20N2O4/c1-12-15(24-11-10-23-12)16(21)20-8-6-18(7-9-20)13-4-2-3-5-14(13)19-17(18)22/h2-5H,6-11H2,1H3,(H,19,22). The number of nitrogens with zero attached hydrogens (tertiary/aromatic N) is 1. The summed E-state index contributed by atoms with van der Waals surface area (Å²) in [5, 5.41) is 2.98. The van der Waals surface area contributed by atoms with E-state index < -0.39 is 5.41 Å². The highest BCUT2D eigenvalue weighted by Gasteiger charge is 2.49. The topological polar surface area (TPSA) is 67.9 Å². The first-order chi connectivity index (χ1) is 11.6. The number of carbonyl (C=O) groups excluding carboxylic acids is 2. The lowest BCUT2D eigenvalue weighted by Crippen LogP contribution is -2.49. The molecule has 0 radical (unpaired) electrons. The van der Waals surface area contributed by atoms with E-state index >= 15 is 0 Å². The Morgan fingerprint density at radius 3 is 2.62 bits per heavy atom. The number of likely N-dealkylation sites (tertiary alicyclic amines) is 1. The molecule has 126 valence electrons. The van der Waals surface area contributed by atoms with Gasteiger partial charge < -0.3 is 19.7 Å². The third-order valence-electron chi connectivity index (χ3n) is 5.19. The van der Waals surface area contributed by atoms with Crippen molar-refractivity contribution in [3.8, 4) is 0 Å². The first-order valence-corrected chi connectivity index (χ1v) is 8.28. The molecule has 1 aromatic carbocycles. The molecule has 1 spiro atoms. The third kappa shape index (κ3) is 2.17. The number of hydrogen-bond acceptors (Lipinski definition) is 4. The molecule has 3 heterocycles. The first-order valence-electron chi connectivity index (χ1n) is 8.28. The molecule has 6 heteroatoms. The van der Waals surface area contributed by atoms with Crippen molar-refractivity contribution in [1.82, 2.24) is 4.90 Å². The monoisotopic (exact) mass is 328 g/mol. The summed E-state index contributed by atoms with van der Waals surface area (Å²) in [6.45, 7) is 3.68. The Hall–Kier alpha value is -2.50. The predicted octanol–water partition coefficient (Wildman–Crippen LogP) is 1.78. The molecule has 2 amide bonds. The second-order valence-electron chi connectivity index (χ2n) is 6.46. The van der Waals surface area contributed by atoms with Crippen molar-refractivity contribution in [2.45, 2.75) is 25.2 Å². The van der Waals surface area contributed by atoms with Gasteiger partial charge in [0, 0.05) is 18.8 Å².